The molecule has 2 aromatic rings. The van der Waals surface area contributed by atoms with Gasteiger partial charge in [-0.1, -0.05) is 23.7 Å². The van der Waals surface area contributed by atoms with Gasteiger partial charge in [-0.2, -0.15) is 10.3 Å². The molecule has 0 aromatic carbocycles. The van der Waals surface area contributed by atoms with Crippen molar-refractivity contribution in [3.05, 3.63) is 58.9 Å². The van der Waals surface area contributed by atoms with Gasteiger partial charge in [0.15, 0.2) is 0 Å². The Bertz CT molecular complexity index is 844. The average molecular weight is 327 g/mol. The van der Waals surface area contributed by atoms with E-state index in [0.717, 1.165) is 5.56 Å². The van der Waals surface area contributed by atoms with Gasteiger partial charge in [0.1, 0.15) is 16.1 Å². The van der Waals surface area contributed by atoms with Crippen LogP contribution in [0, 0.1) is 16.7 Å². The Labute approximate surface area is 138 Å². The van der Waals surface area contributed by atoms with Crippen LogP contribution in [0.25, 0.3) is 0 Å². The van der Waals surface area contributed by atoms with Crippen LogP contribution in [0.15, 0.2) is 47.7 Å². The molecule has 0 N–H and O–H groups in total. The van der Waals surface area contributed by atoms with Crippen LogP contribution >= 0.6 is 11.6 Å². The molecular weight excluding hydrogens is 312 g/mol. The zero-order valence-corrected chi connectivity index (χ0v) is 13.4. The van der Waals surface area contributed by atoms with E-state index in [-0.39, 0.29) is 11.9 Å². The van der Waals surface area contributed by atoms with Crippen molar-refractivity contribution in [1.29, 1.82) is 5.26 Å². The van der Waals surface area contributed by atoms with Gasteiger partial charge in [-0.15, -0.1) is 0 Å². The lowest BCUT2D eigenvalue weighted by Gasteiger charge is -2.16. The molecule has 0 saturated heterocycles. The van der Waals surface area contributed by atoms with Gasteiger partial charge in [0, 0.05) is 12.4 Å². The van der Waals surface area contributed by atoms with Gasteiger partial charge in [-0.05, 0) is 43.5 Å². The third-order valence-electron chi connectivity index (χ3n) is 4.11. The first-order chi connectivity index (χ1) is 11.1. The molecule has 23 heavy (non-hydrogen) atoms. The summed E-state index contributed by atoms with van der Waals surface area (Å²) in [6.45, 7) is 1.99. The molecule has 2 aromatic heterocycles. The Morgan fingerprint density at radius 3 is 2.83 bits per heavy atom. The van der Waals surface area contributed by atoms with Crippen molar-refractivity contribution < 1.29 is 4.79 Å². The Hall–Kier alpha value is -2.45. The van der Waals surface area contributed by atoms with Gasteiger partial charge in [0.05, 0.1) is 12.1 Å². The topological polar surface area (TPSA) is 71.0 Å². The first-order valence-electron chi connectivity index (χ1n) is 7.35. The summed E-state index contributed by atoms with van der Waals surface area (Å²) >= 11 is 5.82. The first kappa shape index (κ1) is 15.4. The van der Waals surface area contributed by atoms with Crippen molar-refractivity contribution in [3.63, 3.8) is 0 Å². The van der Waals surface area contributed by atoms with Crippen molar-refractivity contribution in [2.45, 2.75) is 25.8 Å². The molecule has 6 heteroatoms. The maximum atomic E-state index is 12.3. The molecule has 2 heterocycles. The molecule has 0 aliphatic heterocycles. The van der Waals surface area contributed by atoms with Gasteiger partial charge < -0.3 is 4.57 Å². The molecular formula is C17H15ClN4O. The predicted octanol–water partition coefficient (Wildman–Crippen LogP) is 2.88. The second kappa shape index (κ2) is 5.98. The van der Waals surface area contributed by atoms with Crippen LogP contribution < -0.4 is 5.49 Å². The van der Waals surface area contributed by atoms with E-state index in [2.05, 4.69) is 16.0 Å². The van der Waals surface area contributed by atoms with E-state index in [1.807, 2.05) is 35.9 Å². The lowest BCUT2D eigenvalue weighted by molar-refractivity contribution is -0.121. The molecule has 0 radical (unpaired) electrons. The Balaban J connectivity index is 2.00. The monoisotopic (exact) mass is 326 g/mol. The van der Waals surface area contributed by atoms with E-state index >= 15 is 0 Å². The summed E-state index contributed by atoms with van der Waals surface area (Å²) in [7, 11) is 0. The maximum absolute atomic E-state index is 12.3. The summed E-state index contributed by atoms with van der Waals surface area (Å²) in [6, 6.07) is 11.1. The zero-order chi connectivity index (χ0) is 16.4. The van der Waals surface area contributed by atoms with Gasteiger partial charge in [-0.3, -0.25) is 4.79 Å². The number of amides is 1. The van der Waals surface area contributed by atoms with Gasteiger partial charge in [-0.25, -0.2) is 4.98 Å². The highest BCUT2D eigenvalue weighted by atomic mass is 35.5. The predicted molar refractivity (Wildman–Crippen MR) is 85.3 cm³/mol. The molecule has 1 atom stereocenters. The van der Waals surface area contributed by atoms with Crippen LogP contribution in [-0.2, 0) is 4.79 Å². The number of pyridine rings is 2. The van der Waals surface area contributed by atoms with Crippen molar-refractivity contribution in [3.8, 4) is 6.07 Å². The number of carbonyl (C=O) groups excluding carboxylic acids is 1. The number of nitrogens with zero attached hydrogens (tertiary/aromatic N) is 4. The Morgan fingerprint density at radius 1 is 1.43 bits per heavy atom. The Kier molecular flexibility index (Phi) is 4.01. The summed E-state index contributed by atoms with van der Waals surface area (Å²) < 4.78 is 1.89. The molecule has 1 aliphatic carbocycles. The smallest absolute Gasteiger partial charge is 0.268 e. The molecule has 1 amide bonds. The highest BCUT2D eigenvalue weighted by molar-refractivity contribution is 6.29. The van der Waals surface area contributed by atoms with Crippen molar-refractivity contribution in [2.75, 3.05) is 0 Å². The van der Waals surface area contributed by atoms with E-state index in [1.165, 1.54) is 0 Å². The third kappa shape index (κ3) is 3.03. The molecule has 1 unspecified atom stereocenters. The molecule has 1 aliphatic rings. The SMILES string of the molecule is CC(c1ccc(Cl)nc1)n1ccccc1=NC(=O)C1(C#N)CC1. The van der Waals surface area contributed by atoms with Crippen LogP contribution in [0.1, 0.15) is 31.4 Å². The minimum Gasteiger partial charge on any atom is -0.326 e. The maximum Gasteiger partial charge on any atom is 0.268 e. The molecule has 5 nitrogen and oxygen atoms in total. The second-order valence-corrected chi connectivity index (χ2v) is 6.05. The summed E-state index contributed by atoms with van der Waals surface area (Å²) in [5, 5.41) is 9.56. The largest absolute Gasteiger partial charge is 0.326 e. The zero-order valence-electron chi connectivity index (χ0n) is 12.6. The van der Waals surface area contributed by atoms with E-state index < -0.39 is 5.41 Å². The number of hydrogen-bond acceptors (Lipinski definition) is 3. The summed E-state index contributed by atoms with van der Waals surface area (Å²) in [5.74, 6) is -0.360. The number of nitriles is 1. The van der Waals surface area contributed by atoms with Crippen molar-refractivity contribution in [2.24, 2.45) is 10.4 Å². The number of aromatic nitrogens is 2. The van der Waals surface area contributed by atoms with Gasteiger partial charge in [0.25, 0.3) is 5.91 Å². The van der Waals surface area contributed by atoms with Crippen LogP contribution in [0.4, 0.5) is 0 Å². The molecule has 0 bridgehead atoms. The van der Waals surface area contributed by atoms with E-state index in [9.17, 15) is 4.79 Å². The van der Waals surface area contributed by atoms with E-state index in [4.69, 9.17) is 16.9 Å². The minimum absolute atomic E-state index is 0.0650. The highest BCUT2D eigenvalue weighted by Crippen LogP contribution is 2.45. The van der Waals surface area contributed by atoms with Crippen molar-refractivity contribution >= 4 is 17.5 Å². The fourth-order valence-electron chi connectivity index (χ4n) is 2.37. The number of rotatable bonds is 3. The molecule has 1 saturated carbocycles. The Morgan fingerprint density at radius 2 is 2.22 bits per heavy atom. The first-order valence-corrected chi connectivity index (χ1v) is 7.72. The third-order valence-corrected chi connectivity index (χ3v) is 4.33. The standard InChI is InChI=1S/C17H15ClN4O/c1-12(13-5-6-14(18)20-10-13)22-9-3-2-4-15(22)21-16(23)17(11-19)7-8-17/h2-6,9-10,12H,7-8H2,1H3. The van der Waals surface area contributed by atoms with Crippen LogP contribution in [-0.4, -0.2) is 15.5 Å². The second-order valence-electron chi connectivity index (χ2n) is 5.67. The lowest BCUT2D eigenvalue weighted by Crippen LogP contribution is -2.26. The summed E-state index contributed by atoms with van der Waals surface area (Å²) in [4.78, 5) is 20.5. The molecule has 3 rings (SSSR count). The minimum atomic E-state index is -0.904. The van der Waals surface area contributed by atoms with Crippen LogP contribution in [0.2, 0.25) is 5.15 Å². The number of halogens is 1. The quantitative estimate of drug-likeness (QED) is 0.814. The van der Waals surface area contributed by atoms with E-state index in [0.29, 0.717) is 23.5 Å². The fraction of sp³-hybridized carbons (Fsp3) is 0.294. The fourth-order valence-corrected chi connectivity index (χ4v) is 2.49. The summed E-state index contributed by atoms with van der Waals surface area (Å²) in [5.41, 5.74) is 0.580. The summed E-state index contributed by atoms with van der Waals surface area (Å²) in [6.07, 6.45) is 4.75. The average Bonchev–Trinajstić information content (AvgIpc) is 3.37. The van der Waals surface area contributed by atoms with E-state index in [1.54, 1.807) is 18.3 Å². The van der Waals surface area contributed by atoms with Crippen LogP contribution in [0.5, 0.6) is 0 Å². The number of hydrogen-bond donors (Lipinski definition) is 0. The lowest BCUT2D eigenvalue weighted by atomic mass is 10.1. The molecule has 0 spiro atoms. The van der Waals surface area contributed by atoms with Gasteiger partial charge >= 0.3 is 0 Å². The van der Waals surface area contributed by atoms with Crippen LogP contribution in [0.3, 0.4) is 0 Å². The highest BCUT2D eigenvalue weighted by Gasteiger charge is 2.50. The normalized spacial score (nSPS) is 17.3. The van der Waals surface area contributed by atoms with Crippen molar-refractivity contribution in [1.82, 2.24) is 9.55 Å². The number of carbonyl (C=O) groups is 1. The molecule has 116 valence electrons. The van der Waals surface area contributed by atoms with Gasteiger partial charge in [0.2, 0.25) is 0 Å². The molecule has 1 fully saturated rings.